The lowest BCUT2D eigenvalue weighted by Gasteiger charge is -2.29. The Morgan fingerprint density at radius 2 is 1.83 bits per heavy atom. The van der Waals surface area contributed by atoms with Gasteiger partial charge in [0.15, 0.2) is 0 Å². The number of aryl methyl sites for hydroxylation is 1. The van der Waals surface area contributed by atoms with Crippen molar-refractivity contribution in [1.82, 2.24) is 5.32 Å². The highest BCUT2D eigenvalue weighted by Crippen LogP contribution is 2.26. The van der Waals surface area contributed by atoms with Gasteiger partial charge in [0.05, 0.1) is 6.54 Å². The average Bonchev–Trinajstić information content (AvgIpc) is 2.55. The molecule has 0 saturated carbocycles. The lowest BCUT2D eigenvalue weighted by Crippen LogP contribution is -2.42. The molecule has 5 heteroatoms. The molecule has 2 N–H and O–H groups in total. The quantitative estimate of drug-likeness (QED) is 0.881. The number of ether oxygens (including phenoxy) is 1. The molecule has 0 saturated heterocycles. The van der Waals surface area contributed by atoms with Gasteiger partial charge in [-0.1, -0.05) is 35.9 Å². The van der Waals surface area contributed by atoms with Crippen LogP contribution < -0.4 is 10.6 Å². The summed E-state index contributed by atoms with van der Waals surface area (Å²) >= 11 is 0. The molecule has 0 aromatic heterocycles. The van der Waals surface area contributed by atoms with E-state index in [9.17, 15) is 9.18 Å². The topological polar surface area (TPSA) is 50.4 Å². The summed E-state index contributed by atoms with van der Waals surface area (Å²) in [4.78, 5) is 12.0. The molecule has 0 spiro atoms. The number of halogens is 1. The van der Waals surface area contributed by atoms with E-state index in [0.29, 0.717) is 11.3 Å². The summed E-state index contributed by atoms with van der Waals surface area (Å²) in [6, 6.07) is 13.5. The molecule has 0 aliphatic rings. The van der Waals surface area contributed by atoms with E-state index >= 15 is 0 Å². The first-order valence-corrected chi connectivity index (χ1v) is 7.36. The van der Waals surface area contributed by atoms with Crippen molar-refractivity contribution in [2.75, 3.05) is 19.0 Å². The summed E-state index contributed by atoms with van der Waals surface area (Å²) in [5, 5.41) is 5.45. The Morgan fingerprint density at radius 1 is 1.17 bits per heavy atom. The molecule has 2 aromatic carbocycles. The largest absolute Gasteiger partial charge is 0.372 e. The number of carbonyl (C=O) groups is 1. The minimum absolute atomic E-state index is 0.141. The average molecular weight is 316 g/mol. The van der Waals surface area contributed by atoms with Crippen molar-refractivity contribution in [2.45, 2.75) is 19.4 Å². The third kappa shape index (κ3) is 4.29. The molecule has 2 rings (SSSR count). The molecule has 0 heterocycles. The van der Waals surface area contributed by atoms with Gasteiger partial charge in [0.1, 0.15) is 11.4 Å². The monoisotopic (exact) mass is 316 g/mol. The van der Waals surface area contributed by atoms with Crippen LogP contribution in [-0.4, -0.2) is 19.7 Å². The molecule has 0 aliphatic heterocycles. The van der Waals surface area contributed by atoms with Gasteiger partial charge in [-0.3, -0.25) is 0 Å². The van der Waals surface area contributed by atoms with E-state index in [4.69, 9.17) is 4.74 Å². The number of hydrogen-bond donors (Lipinski definition) is 2. The van der Waals surface area contributed by atoms with Gasteiger partial charge in [0, 0.05) is 18.4 Å². The highest BCUT2D eigenvalue weighted by Gasteiger charge is 2.29. The van der Waals surface area contributed by atoms with Crippen LogP contribution in [-0.2, 0) is 10.3 Å². The molecule has 1 atom stereocenters. The Labute approximate surface area is 135 Å². The fourth-order valence-corrected chi connectivity index (χ4v) is 2.23. The number of rotatable bonds is 5. The van der Waals surface area contributed by atoms with E-state index in [0.717, 1.165) is 5.56 Å². The number of methoxy groups -OCH3 is 1. The number of anilines is 1. The van der Waals surface area contributed by atoms with Gasteiger partial charge in [-0.2, -0.15) is 0 Å². The zero-order valence-corrected chi connectivity index (χ0v) is 13.5. The van der Waals surface area contributed by atoms with Crippen LogP contribution in [0.3, 0.4) is 0 Å². The minimum atomic E-state index is -0.948. The molecule has 0 aliphatic carbocycles. The van der Waals surface area contributed by atoms with Gasteiger partial charge in [-0.25, -0.2) is 9.18 Å². The van der Waals surface area contributed by atoms with E-state index in [2.05, 4.69) is 10.6 Å². The maximum absolute atomic E-state index is 14.0. The van der Waals surface area contributed by atoms with Crippen molar-refractivity contribution in [3.05, 3.63) is 65.5 Å². The Bertz CT molecular complexity index is 673. The summed E-state index contributed by atoms with van der Waals surface area (Å²) in [7, 11) is 1.49. The Balaban J connectivity index is 2.01. The summed E-state index contributed by atoms with van der Waals surface area (Å²) in [5.74, 6) is -0.363. The molecule has 0 radical (unpaired) electrons. The number of nitrogens with one attached hydrogen (secondary N) is 2. The standard InChI is InChI=1S/C18H21FN2O2/c1-13-8-10-14(11-9-13)21-17(22)20-12-18(2,23-3)15-6-4-5-7-16(15)19/h4-11H,12H2,1-3H3,(H2,20,21,22). The molecular weight excluding hydrogens is 295 g/mol. The highest BCUT2D eigenvalue weighted by molar-refractivity contribution is 5.89. The van der Waals surface area contributed by atoms with E-state index in [-0.39, 0.29) is 18.4 Å². The van der Waals surface area contributed by atoms with Crippen molar-refractivity contribution in [2.24, 2.45) is 0 Å². The van der Waals surface area contributed by atoms with E-state index in [1.165, 1.54) is 13.2 Å². The molecule has 0 bridgehead atoms. The van der Waals surface area contributed by atoms with Crippen LogP contribution in [0.4, 0.5) is 14.9 Å². The maximum Gasteiger partial charge on any atom is 0.319 e. The Morgan fingerprint density at radius 3 is 2.43 bits per heavy atom. The van der Waals surface area contributed by atoms with Gasteiger partial charge in [-0.05, 0) is 32.0 Å². The third-order valence-electron chi connectivity index (χ3n) is 3.79. The van der Waals surface area contributed by atoms with Gasteiger partial charge in [0.2, 0.25) is 0 Å². The first kappa shape index (κ1) is 17.0. The van der Waals surface area contributed by atoms with Crippen LogP contribution in [0.15, 0.2) is 48.5 Å². The van der Waals surface area contributed by atoms with Crippen LogP contribution in [0.5, 0.6) is 0 Å². The van der Waals surface area contributed by atoms with Crippen LogP contribution in [0.1, 0.15) is 18.1 Å². The van der Waals surface area contributed by atoms with Crippen LogP contribution in [0.2, 0.25) is 0 Å². The first-order valence-electron chi connectivity index (χ1n) is 7.36. The van der Waals surface area contributed by atoms with Gasteiger partial charge < -0.3 is 15.4 Å². The number of hydrogen-bond acceptors (Lipinski definition) is 2. The second-order valence-corrected chi connectivity index (χ2v) is 5.59. The molecule has 1 unspecified atom stereocenters. The van der Waals surface area contributed by atoms with Gasteiger partial charge in [-0.15, -0.1) is 0 Å². The zero-order valence-electron chi connectivity index (χ0n) is 13.5. The number of benzene rings is 2. The fraction of sp³-hybridized carbons (Fsp3) is 0.278. The molecule has 23 heavy (non-hydrogen) atoms. The summed E-state index contributed by atoms with van der Waals surface area (Å²) in [6.07, 6.45) is 0. The van der Waals surface area contributed by atoms with Gasteiger partial charge >= 0.3 is 6.03 Å². The molecule has 2 aromatic rings. The zero-order chi connectivity index (χ0) is 16.9. The van der Waals surface area contributed by atoms with E-state index in [1.807, 2.05) is 31.2 Å². The lowest BCUT2D eigenvalue weighted by atomic mass is 9.95. The summed E-state index contributed by atoms with van der Waals surface area (Å²) in [6.45, 7) is 3.85. The predicted molar refractivity (Wildman–Crippen MR) is 89.0 cm³/mol. The highest BCUT2D eigenvalue weighted by atomic mass is 19.1. The van der Waals surface area contributed by atoms with E-state index in [1.54, 1.807) is 25.1 Å². The molecule has 0 fully saturated rings. The van der Waals surface area contributed by atoms with Crippen molar-refractivity contribution in [1.29, 1.82) is 0 Å². The van der Waals surface area contributed by atoms with Crippen LogP contribution in [0, 0.1) is 12.7 Å². The minimum Gasteiger partial charge on any atom is -0.372 e. The maximum atomic E-state index is 14.0. The van der Waals surface area contributed by atoms with Crippen LogP contribution in [0.25, 0.3) is 0 Å². The Hall–Kier alpha value is -2.40. The van der Waals surface area contributed by atoms with Crippen molar-refractivity contribution >= 4 is 11.7 Å². The third-order valence-corrected chi connectivity index (χ3v) is 3.79. The van der Waals surface area contributed by atoms with E-state index < -0.39 is 5.60 Å². The van der Waals surface area contributed by atoms with Gasteiger partial charge in [0.25, 0.3) is 0 Å². The second kappa shape index (κ2) is 7.24. The SMILES string of the molecule is COC(C)(CNC(=O)Nc1ccc(C)cc1)c1ccccc1F. The number of amides is 2. The number of urea groups is 1. The lowest BCUT2D eigenvalue weighted by molar-refractivity contribution is 0.00235. The number of carbonyl (C=O) groups excluding carboxylic acids is 1. The summed E-state index contributed by atoms with van der Waals surface area (Å²) in [5.41, 5.74) is 1.26. The fourth-order valence-electron chi connectivity index (χ4n) is 2.23. The van der Waals surface area contributed by atoms with Crippen LogP contribution >= 0.6 is 0 Å². The Kier molecular flexibility index (Phi) is 5.34. The van der Waals surface area contributed by atoms with Crippen molar-refractivity contribution in [3.8, 4) is 0 Å². The molecule has 2 amide bonds. The normalized spacial score (nSPS) is 13.2. The molecule has 122 valence electrons. The van der Waals surface area contributed by atoms with Crippen molar-refractivity contribution in [3.63, 3.8) is 0 Å². The summed E-state index contributed by atoms with van der Waals surface area (Å²) < 4.78 is 19.4. The predicted octanol–water partition coefficient (Wildman–Crippen LogP) is 3.82. The smallest absolute Gasteiger partial charge is 0.319 e. The second-order valence-electron chi connectivity index (χ2n) is 5.59. The molecule has 4 nitrogen and oxygen atoms in total. The van der Waals surface area contributed by atoms with Crippen molar-refractivity contribution < 1.29 is 13.9 Å². The first-order chi connectivity index (χ1) is 10.9. The molecular formula is C18H21FN2O2.